The van der Waals surface area contributed by atoms with E-state index in [-0.39, 0.29) is 6.61 Å². The highest BCUT2D eigenvalue weighted by molar-refractivity contribution is 5.72. The molecular weight excluding hydrogens is 198 g/mol. The summed E-state index contributed by atoms with van der Waals surface area (Å²) >= 11 is 0. The average molecular weight is 211 g/mol. The Bertz CT molecular complexity index is 302. The van der Waals surface area contributed by atoms with Gasteiger partial charge in [-0.2, -0.15) is 0 Å². The lowest BCUT2D eigenvalue weighted by molar-refractivity contribution is -0.152. The summed E-state index contributed by atoms with van der Waals surface area (Å²) in [5, 5.41) is 8.76. The molecule has 1 N–H and O–H groups in total. The van der Waals surface area contributed by atoms with Crippen LogP contribution in [-0.4, -0.2) is 35.4 Å². The number of carboxylic acids is 1. The Labute approximate surface area is 87.7 Å². The lowest BCUT2D eigenvalue weighted by Crippen LogP contribution is -2.30. The number of carboxylic acid groups (broad SMARTS) is 1. The van der Waals surface area contributed by atoms with Crippen molar-refractivity contribution in [2.75, 3.05) is 13.2 Å². The maximum absolute atomic E-state index is 10.7. The average Bonchev–Trinajstić information content (AvgIpc) is 2.25. The molecule has 1 atom stereocenters. The SMILES string of the molecule is CCOC(COc1cccnc1)C(=O)O. The molecule has 0 spiro atoms. The molecule has 0 aliphatic rings. The number of hydrogen-bond donors (Lipinski definition) is 1. The monoisotopic (exact) mass is 211 g/mol. The Morgan fingerprint density at radius 2 is 2.47 bits per heavy atom. The van der Waals surface area contributed by atoms with Crippen molar-refractivity contribution in [1.29, 1.82) is 0 Å². The van der Waals surface area contributed by atoms with Crippen LogP contribution in [0.15, 0.2) is 24.5 Å². The van der Waals surface area contributed by atoms with Crippen LogP contribution in [0.2, 0.25) is 0 Å². The molecule has 0 saturated heterocycles. The van der Waals surface area contributed by atoms with E-state index in [0.29, 0.717) is 12.4 Å². The van der Waals surface area contributed by atoms with Crippen LogP contribution < -0.4 is 4.74 Å². The molecule has 1 aromatic heterocycles. The summed E-state index contributed by atoms with van der Waals surface area (Å²) in [4.78, 5) is 14.5. The van der Waals surface area contributed by atoms with E-state index in [2.05, 4.69) is 4.98 Å². The van der Waals surface area contributed by atoms with Gasteiger partial charge in [0, 0.05) is 12.8 Å². The zero-order chi connectivity index (χ0) is 11.1. The molecule has 0 aliphatic heterocycles. The molecule has 0 fully saturated rings. The number of aliphatic carboxylic acids is 1. The molecule has 0 amide bonds. The molecule has 0 saturated carbocycles. The van der Waals surface area contributed by atoms with E-state index in [0.717, 1.165) is 0 Å². The van der Waals surface area contributed by atoms with Gasteiger partial charge in [-0.15, -0.1) is 0 Å². The number of pyridine rings is 1. The molecule has 1 aromatic rings. The van der Waals surface area contributed by atoms with Gasteiger partial charge >= 0.3 is 5.97 Å². The summed E-state index contributed by atoms with van der Waals surface area (Å²) < 4.78 is 10.2. The number of carbonyl (C=O) groups is 1. The van der Waals surface area contributed by atoms with Crippen LogP contribution in [0.4, 0.5) is 0 Å². The fourth-order valence-electron chi connectivity index (χ4n) is 0.996. The van der Waals surface area contributed by atoms with Gasteiger partial charge in [-0.05, 0) is 19.1 Å². The largest absolute Gasteiger partial charge is 0.489 e. The molecule has 0 aliphatic carbocycles. The van der Waals surface area contributed by atoms with Gasteiger partial charge < -0.3 is 14.6 Å². The lowest BCUT2D eigenvalue weighted by Gasteiger charge is -2.13. The zero-order valence-corrected chi connectivity index (χ0v) is 8.42. The molecule has 0 bridgehead atoms. The second-order valence-corrected chi connectivity index (χ2v) is 2.78. The number of nitrogens with zero attached hydrogens (tertiary/aromatic N) is 1. The van der Waals surface area contributed by atoms with Crippen molar-refractivity contribution < 1.29 is 19.4 Å². The van der Waals surface area contributed by atoms with E-state index >= 15 is 0 Å². The van der Waals surface area contributed by atoms with E-state index in [4.69, 9.17) is 14.6 Å². The van der Waals surface area contributed by atoms with Crippen molar-refractivity contribution in [2.45, 2.75) is 13.0 Å². The predicted molar refractivity (Wildman–Crippen MR) is 52.8 cm³/mol. The maximum Gasteiger partial charge on any atom is 0.336 e. The molecule has 82 valence electrons. The van der Waals surface area contributed by atoms with Gasteiger partial charge in [0.15, 0.2) is 6.10 Å². The van der Waals surface area contributed by atoms with Gasteiger partial charge in [-0.25, -0.2) is 4.79 Å². The summed E-state index contributed by atoms with van der Waals surface area (Å²) in [6.07, 6.45) is 2.20. The standard InChI is InChI=1S/C10H13NO4/c1-2-14-9(10(12)13)7-15-8-4-3-5-11-6-8/h3-6,9H,2,7H2,1H3,(H,12,13). The topological polar surface area (TPSA) is 68.7 Å². The van der Waals surface area contributed by atoms with E-state index in [1.165, 1.54) is 6.20 Å². The smallest absolute Gasteiger partial charge is 0.336 e. The summed E-state index contributed by atoms with van der Waals surface area (Å²) in [5.74, 6) is -0.496. The predicted octanol–water partition coefficient (Wildman–Crippen LogP) is 0.950. The van der Waals surface area contributed by atoms with E-state index in [9.17, 15) is 4.79 Å². The molecule has 1 unspecified atom stereocenters. The molecule has 15 heavy (non-hydrogen) atoms. The van der Waals surface area contributed by atoms with E-state index in [1.54, 1.807) is 25.3 Å². The first-order valence-electron chi connectivity index (χ1n) is 4.61. The summed E-state index contributed by atoms with van der Waals surface area (Å²) in [6, 6.07) is 3.42. The third-order valence-corrected chi connectivity index (χ3v) is 1.68. The van der Waals surface area contributed by atoms with Crippen LogP contribution in [0.5, 0.6) is 5.75 Å². The number of hydrogen-bond acceptors (Lipinski definition) is 4. The minimum atomic E-state index is -1.03. The second-order valence-electron chi connectivity index (χ2n) is 2.78. The first kappa shape index (κ1) is 11.5. The van der Waals surface area contributed by atoms with Gasteiger partial charge in [-0.1, -0.05) is 0 Å². The quantitative estimate of drug-likeness (QED) is 0.758. The molecule has 5 heteroatoms. The van der Waals surface area contributed by atoms with Gasteiger partial charge in [0.2, 0.25) is 0 Å². The zero-order valence-electron chi connectivity index (χ0n) is 8.42. The molecular formula is C10H13NO4. The fraction of sp³-hybridized carbons (Fsp3) is 0.400. The van der Waals surface area contributed by atoms with Gasteiger partial charge in [0.1, 0.15) is 12.4 Å². The summed E-state index contributed by atoms with van der Waals surface area (Å²) in [7, 11) is 0. The van der Waals surface area contributed by atoms with Crippen LogP contribution in [0.3, 0.4) is 0 Å². The van der Waals surface area contributed by atoms with Crippen molar-refractivity contribution in [2.24, 2.45) is 0 Å². The van der Waals surface area contributed by atoms with Crippen molar-refractivity contribution >= 4 is 5.97 Å². The van der Waals surface area contributed by atoms with Gasteiger partial charge in [-0.3, -0.25) is 4.98 Å². The van der Waals surface area contributed by atoms with Crippen LogP contribution >= 0.6 is 0 Å². The highest BCUT2D eigenvalue weighted by atomic mass is 16.5. The van der Waals surface area contributed by atoms with Crippen LogP contribution in [0, 0.1) is 0 Å². The minimum Gasteiger partial charge on any atom is -0.489 e. The Morgan fingerprint density at radius 1 is 1.67 bits per heavy atom. The number of aromatic nitrogens is 1. The summed E-state index contributed by atoms with van der Waals surface area (Å²) in [6.45, 7) is 2.06. The highest BCUT2D eigenvalue weighted by Crippen LogP contribution is 2.07. The van der Waals surface area contributed by atoms with Gasteiger partial charge in [0.05, 0.1) is 6.20 Å². The van der Waals surface area contributed by atoms with Gasteiger partial charge in [0.25, 0.3) is 0 Å². The molecule has 0 radical (unpaired) electrons. The summed E-state index contributed by atoms with van der Waals surface area (Å²) in [5.41, 5.74) is 0. The normalized spacial score (nSPS) is 12.1. The third-order valence-electron chi connectivity index (χ3n) is 1.68. The third kappa shape index (κ3) is 3.95. The van der Waals surface area contributed by atoms with Crippen molar-refractivity contribution in [3.8, 4) is 5.75 Å². The number of ether oxygens (including phenoxy) is 2. The minimum absolute atomic E-state index is 0.0190. The molecule has 5 nitrogen and oxygen atoms in total. The van der Waals surface area contributed by atoms with Crippen LogP contribution in [0.25, 0.3) is 0 Å². The Kier molecular flexibility index (Phi) is 4.56. The molecule has 1 heterocycles. The Morgan fingerprint density at radius 3 is 3.00 bits per heavy atom. The van der Waals surface area contributed by atoms with Crippen molar-refractivity contribution in [3.63, 3.8) is 0 Å². The second kappa shape index (κ2) is 5.98. The maximum atomic E-state index is 10.7. The molecule has 0 aromatic carbocycles. The Balaban J connectivity index is 2.43. The Hall–Kier alpha value is -1.62. The fourth-order valence-corrected chi connectivity index (χ4v) is 0.996. The lowest BCUT2D eigenvalue weighted by atomic mass is 10.4. The highest BCUT2D eigenvalue weighted by Gasteiger charge is 2.17. The van der Waals surface area contributed by atoms with Crippen LogP contribution in [0.1, 0.15) is 6.92 Å². The van der Waals surface area contributed by atoms with Crippen molar-refractivity contribution in [1.82, 2.24) is 4.98 Å². The first-order chi connectivity index (χ1) is 7.24. The van der Waals surface area contributed by atoms with E-state index in [1.807, 2.05) is 0 Å². The molecule has 1 rings (SSSR count). The first-order valence-corrected chi connectivity index (χ1v) is 4.61. The number of rotatable bonds is 6. The van der Waals surface area contributed by atoms with Crippen LogP contribution in [-0.2, 0) is 9.53 Å². The van der Waals surface area contributed by atoms with E-state index < -0.39 is 12.1 Å². The van der Waals surface area contributed by atoms with Crippen molar-refractivity contribution in [3.05, 3.63) is 24.5 Å².